The second kappa shape index (κ2) is 13.9. The number of carbonyl (C=O) groups excluding carboxylic acids is 3. The number of alkyl carbamates (subject to hydrolysis) is 1. The first kappa shape index (κ1) is 31.9. The molecular formula is C34H41N3O5. The fourth-order valence-electron chi connectivity index (χ4n) is 4.78. The van der Waals surface area contributed by atoms with Crippen LogP contribution in [0, 0.1) is 20.8 Å². The summed E-state index contributed by atoms with van der Waals surface area (Å²) >= 11 is 0. The Bertz CT molecular complexity index is 1410. The summed E-state index contributed by atoms with van der Waals surface area (Å²) in [5, 5.41) is 15.5. The molecule has 2 unspecified atom stereocenters. The van der Waals surface area contributed by atoms with Crippen LogP contribution >= 0.6 is 0 Å². The van der Waals surface area contributed by atoms with Gasteiger partial charge in [0.05, 0.1) is 0 Å². The van der Waals surface area contributed by atoms with Gasteiger partial charge in [-0.1, -0.05) is 54.6 Å². The first-order valence-electron chi connectivity index (χ1n) is 13.9. The predicted octanol–water partition coefficient (Wildman–Crippen LogP) is 6.15. The number of aryl methyl sites for hydroxylation is 3. The lowest BCUT2D eigenvalue weighted by atomic mass is 9.93. The number of ether oxygens (including phenoxy) is 1. The number of amides is 3. The summed E-state index contributed by atoms with van der Waals surface area (Å²) in [5.74, 6) is -0.794. The number of hydrogen-bond donors (Lipinski definition) is 3. The van der Waals surface area contributed by atoms with E-state index in [-0.39, 0.29) is 18.7 Å². The molecule has 8 heteroatoms. The van der Waals surface area contributed by atoms with Crippen molar-refractivity contribution in [2.75, 3.05) is 11.9 Å². The third kappa shape index (κ3) is 8.46. The van der Waals surface area contributed by atoms with Crippen LogP contribution in [-0.4, -0.2) is 46.1 Å². The van der Waals surface area contributed by atoms with Crippen molar-refractivity contribution in [3.63, 3.8) is 0 Å². The van der Waals surface area contributed by atoms with Crippen molar-refractivity contribution in [1.82, 2.24) is 10.2 Å². The van der Waals surface area contributed by atoms with Gasteiger partial charge in [-0.3, -0.25) is 9.59 Å². The van der Waals surface area contributed by atoms with Gasteiger partial charge < -0.3 is 25.4 Å². The normalized spacial score (nSPS) is 12.5. The number of nitrogens with one attached hydrogen (secondary N) is 2. The Morgan fingerprint density at radius 1 is 0.929 bits per heavy atom. The van der Waals surface area contributed by atoms with E-state index in [2.05, 4.69) is 17.2 Å². The van der Waals surface area contributed by atoms with Crippen LogP contribution in [0.3, 0.4) is 0 Å². The molecule has 0 bridgehead atoms. The first-order valence-corrected chi connectivity index (χ1v) is 13.9. The third-order valence-electron chi connectivity index (χ3n) is 6.75. The number of nitrogens with zero attached hydrogens (tertiary/aromatic N) is 1. The fourth-order valence-corrected chi connectivity index (χ4v) is 4.78. The topological polar surface area (TPSA) is 108 Å². The van der Waals surface area contributed by atoms with E-state index in [0.29, 0.717) is 16.8 Å². The molecular weight excluding hydrogens is 530 g/mol. The Hall–Kier alpha value is -4.59. The highest BCUT2D eigenvalue weighted by molar-refractivity contribution is 6.00. The molecule has 3 aromatic carbocycles. The van der Waals surface area contributed by atoms with Crippen LogP contribution in [0.4, 0.5) is 10.5 Å². The van der Waals surface area contributed by atoms with Gasteiger partial charge in [-0.15, -0.1) is 6.58 Å². The molecule has 0 aromatic heterocycles. The highest BCUT2D eigenvalue weighted by Crippen LogP contribution is 2.30. The summed E-state index contributed by atoms with van der Waals surface area (Å²) in [4.78, 5) is 42.9. The van der Waals surface area contributed by atoms with Crippen molar-refractivity contribution in [1.29, 1.82) is 0 Å². The minimum atomic E-state index is -1.08. The van der Waals surface area contributed by atoms with Crippen LogP contribution in [0.5, 0.6) is 5.75 Å². The number of rotatable bonds is 10. The second-order valence-corrected chi connectivity index (χ2v) is 11.4. The Morgan fingerprint density at radius 3 is 2.10 bits per heavy atom. The van der Waals surface area contributed by atoms with Crippen LogP contribution in [-0.2, 0) is 20.7 Å². The maximum Gasteiger partial charge on any atom is 0.408 e. The van der Waals surface area contributed by atoms with E-state index in [4.69, 9.17) is 4.74 Å². The van der Waals surface area contributed by atoms with Gasteiger partial charge >= 0.3 is 6.09 Å². The minimum Gasteiger partial charge on any atom is -0.508 e. The van der Waals surface area contributed by atoms with E-state index < -0.39 is 35.6 Å². The van der Waals surface area contributed by atoms with E-state index >= 15 is 0 Å². The Morgan fingerprint density at radius 2 is 1.52 bits per heavy atom. The average Bonchev–Trinajstić information content (AvgIpc) is 2.90. The van der Waals surface area contributed by atoms with Gasteiger partial charge in [0.2, 0.25) is 5.91 Å². The molecule has 0 saturated heterocycles. The number of carbonyl (C=O) groups is 3. The van der Waals surface area contributed by atoms with Crippen molar-refractivity contribution in [3.8, 4) is 5.75 Å². The van der Waals surface area contributed by atoms with Gasteiger partial charge in [0.15, 0.2) is 0 Å². The van der Waals surface area contributed by atoms with Gasteiger partial charge in [0.25, 0.3) is 5.91 Å². The van der Waals surface area contributed by atoms with Crippen molar-refractivity contribution < 1.29 is 24.2 Å². The zero-order valence-electron chi connectivity index (χ0n) is 25.2. The third-order valence-corrected chi connectivity index (χ3v) is 6.75. The molecule has 3 N–H and O–H groups in total. The van der Waals surface area contributed by atoms with Crippen molar-refractivity contribution in [2.24, 2.45) is 0 Å². The zero-order chi connectivity index (χ0) is 31.0. The molecule has 0 aliphatic rings. The molecule has 0 aliphatic heterocycles. The second-order valence-electron chi connectivity index (χ2n) is 11.4. The molecule has 3 aromatic rings. The quantitative estimate of drug-likeness (QED) is 0.253. The predicted molar refractivity (Wildman–Crippen MR) is 165 cm³/mol. The molecule has 0 saturated carbocycles. The molecule has 42 heavy (non-hydrogen) atoms. The number of phenolic OH excluding ortho intramolecular Hbond substituents is 1. The largest absolute Gasteiger partial charge is 0.508 e. The first-order chi connectivity index (χ1) is 19.8. The highest BCUT2D eigenvalue weighted by Gasteiger charge is 2.37. The van der Waals surface area contributed by atoms with Gasteiger partial charge in [0.1, 0.15) is 23.4 Å². The van der Waals surface area contributed by atoms with E-state index in [9.17, 15) is 19.5 Å². The summed E-state index contributed by atoms with van der Waals surface area (Å²) in [6, 6.07) is 17.4. The summed E-state index contributed by atoms with van der Waals surface area (Å²) in [7, 11) is 0. The van der Waals surface area contributed by atoms with Gasteiger partial charge in [-0.2, -0.15) is 0 Å². The maximum absolute atomic E-state index is 14.4. The van der Waals surface area contributed by atoms with E-state index in [1.54, 1.807) is 39.0 Å². The molecule has 0 radical (unpaired) electrons. The monoisotopic (exact) mass is 571 g/mol. The summed E-state index contributed by atoms with van der Waals surface area (Å²) in [6.07, 6.45) is 0.904. The number of aromatic hydroxyl groups is 1. The van der Waals surface area contributed by atoms with Crippen molar-refractivity contribution in [3.05, 3.63) is 107 Å². The van der Waals surface area contributed by atoms with Crippen LogP contribution in [0.2, 0.25) is 0 Å². The summed E-state index contributed by atoms with van der Waals surface area (Å²) in [5.41, 5.74) is 3.81. The Balaban J connectivity index is 2.10. The molecule has 2 atom stereocenters. The van der Waals surface area contributed by atoms with E-state index in [1.165, 1.54) is 17.0 Å². The molecule has 8 nitrogen and oxygen atoms in total. The minimum absolute atomic E-state index is 0.0422. The number of anilines is 1. The van der Waals surface area contributed by atoms with Crippen LogP contribution < -0.4 is 10.6 Å². The lowest BCUT2D eigenvalue weighted by molar-refractivity contribution is -0.140. The molecule has 0 heterocycles. The number of hydrogen-bond acceptors (Lipinski definition) is 5. The number of benzene rings is 3. The van der Waals surface area contributed by atoms with Crippen molar-refractivity contribution in [2.45, 2.75) is 65.6 Å². The van der Waals surface area contributed by atoms with Gasteiger partial charge in [0, 0.05) is 18.7 Å². The fraction of sp³-hybridized carbons (Fsp3) is 0.324. The van der Waals surface area contributed by atoms with Crippen molar-refractivity contribution >= 4 is 23.6 Å². The SMILES string of the molecule is C=CCN(C(=O)C(Cc1ccc(O)cc1)NC(=O)OC(C)(C)C)C(C(=O)Nc1ccccc1C)c1c(C)cccc1C. The molecule has 222 valence electrons. The molecule has 3 amide bonds. The molecule has 0 fully saturated rings. The lowest BCUT2D eigenvalue weighted by Gasteiger charge is -2.35. The Labute approximate surface area is 248 Å². The average molecular weight is 572 g/mol. The van der Waals surface area contributed by atoms with E-state index in [1.807, 2.05) is 63.2 Å². The summed E-state index contributed by atoms with van der Waals surface area (Å²) < 4.78 is 5.48. The lowest BCUT2D eigenvalue weighted by Crippen LogP contribution is -2.53. The zero-order valence-corrected chi connectivity index (χ0v) is 25.2. The Kier molecular flexibility index (Phi) is 10.5. The van der Waals surface area contributed by atoms with Crippen LogP contribution in [0.25, 0.3) is 0 Å². The standard InChI is InChI=1S/C34H41N3O5/c1-8-20-37(32(40)28(36-33(41)42-34(5,6)7)21-25-16-18-26(38)19-17-25)30(29-23(3)13-11-14-24(29)4)31(39)35-27-15-10-9-12-22(27)2/h8-19,28,30,38H,1,20-21H2,2-7H3,(H,35,39)(H,36,41). The highest BCUT2D eigenvalue weighted by atomic mass is 16.6. The molecule has 0 aliphatic carbocycles. The maximum atomic E-state index is 14.4. The van der Waals surface area contributed by atoms with E-state index in [0.717, 1.165) is 16.7 Å². The number of phenols is 1. The van der Waals surface area contributed by atoms with Crippen LogP contribution in [0.1, 0.15) is 54.6 Å². The van der Waals surface area contributed by atoms with Gasteiger partial charge in [-0.05, 0) is 87.6 Å². The smallest absolute Gasteiger partial charge is 0.408 e. The summed E-state index contributed by atoms with van der Waals surface area (Å²) in [6.45, 7) is 14.8. The molecule has 3 rings (SSSR count). The molecule has 0 spiro atoms. The van der Waals surface area contributed by atoms with Crippen LogP contribution in [0.15, 0.2) is 79.4 Å². The van der Waals surface area contributed by atoms with Gasteiger partial charge in [-0.25, -0.2) is 4.79 Å². The number of para-hydroxylation sites is 1.